The van der Waals surface area contributed by atoms with Crippen LogP contribution < -0.4 is 0 Å². The number of halogens is 2. The molecule has 2 aromatic carbocycles. The van der Waals surface area contributed by atoms with E-state index in [2.05, 4.69) is 0 Å². The zero-order chi connectivity index (χ0) is 17.9. The van der Waals surface area contributed by atoms with Crippen LogP contribution in [0.2, 0.25) is 5.02 Å². The highest BCUT2D eigenvalue weighted by molar-refractivity contribution is 7.99. The molecule has 0 bridgehead atoms. The third-order valence-electron chi connectivity index (χ3n) is 4.21. The molecular weight excluding hydrogens is 381 g/mol. The Morgan fingerprint density at radius 3 is 2.56 bits per heavy atom. The van der Waals surface area contributed by atoms with Gasteiger partial charge in [-0.1, -0.05) is 41.9 Å². The third-order valence-corrected chi connectivity index (χ3v) is 7.62. The Morgan fingerprint density at radius 1 is 1.12 bits per heavy atom. The van der Waals surface area contributed by atoms with Crippen LogP contribution in [0.4, 0.5) is 4.39 Å². The van der Waals surface area contributed by atoms with Crippen LogP contribution >= 0.6 is 23.4 Å². The van der Waals surface area contributed by atoms with Gasteiger partial charge in [0, 0.05) is 34.7 Å². The van der Waals surface area contributed by atoms with E-state index in [0.29, 0.717) is 41.4 Å². The molecule has 1 aliphatic heterocycles. The number of thioether (sulfide) groups is 1. The van der Waals surface area contributed by atoms with Gasteiger partial charge in [-0.3, -0.25) is 0 Å². The first-order valence-electron chi connectivity index (χ1n) is 8.04. The van der Waals surface area contributed by atoms with Crippen molar-refractivity contribution in [3.05, 3.63) is 70.5 Å². The summed E-state index contributed by atoms with van der Waals surface area (Å²) in [6.07, 6.45) is 0.603. The lowest BCUT2D eigenvalue weighted by atomic mass is 10.1. The lowest BCUT2D eigenvalue weighted by Gasteiger charge is -2.20. The van der Waals surface area contributed by atoms with Crippen molar-refractivity contribution in [3.8, 4) is 0 Å². The highest BCUT2D eigenvalue weighted by atomic mass is 35.5. The van der Waals surface area contributed by atoms with E-state index < -0.39 is 10.0 Å². The number of hydrogen-bond donors (Lipinski definition) is 0. The maximum atomic E-state index is 14.0. The normalized spacial score (nSPS) is 19.5. The van der Waals surface area contributed by atoms with Crippen LogP contribution in [0.25, 0.3) is 0 Å². The third kappa shape index (κ3) is 4.76. The molecule has 0 N–H and O–H groups in total. The zero-order valence-corrected chi connectivity index (χ0v) is 16.0. The van der Waals surface area contributed by atoms with Crippen LogP contribution in [-0.4, -0.2) is 31.6 Å². The van der Waals surface area contributed by atoms with E-state index in [4.69, 9.17) is 11.6 Å². The first-order valence-corrected chi connectivity index (χ1v) is 11.1. The Kier molecular flexibility index (Phi) is 6.04. The van der Waals surface area contributed by atoms with Gasteiger partial charge in [0.05, 0.1) is 5.75 Å². The molecule has 3 nitrogen and oxygen atoms in total. The highest BCUT2D eigenvalue weighted by Crippen LogP contribution is 2.36. The van der Waals surface area contributed by atoms with Gasteiger partial charge < -0.3 is 0 Å². The number of nitrogens with zero attached hydrogens (tertiary/aromatic N) is 1. The van der Waals surface area contributed by atoms with E-state index in [0.717, 1.165) is 0 Å². The molecule has 1 fully saturated rings. The summed E-state index contributed by atoms with van der Waals surface area (Å²) in [4.78, 5) is 0. The molecule has 7 heteroatoms. The monoisotopic (exact) mass is 399 g/mol. The van der Waals surface area contributed by atoms with E-state index in [1.807, 2.05) is 6.07 Å². The fourth-order valence-electron chi connectivity index (χ4n) is 2.90. The minimum absolute atomic E-state index is 0.0167. The molecular formula is C18H19ClFNO2S2. The minimum Gasteiger partial charge on any atom is -0.212 e. The average Bonchev–Trinajstić information content (AvgIpc) is 2.84. The molecule has 25 heavy (non-hydrogen) atoms. The van der Waals surface area contributed by atoms with Crippen molar-refractivity contribution in [2.24, 2.45) is 0 Å². The van der Waals surface area contributed by atoms with Gasteiger partial charge in [-0.15, -0.1) is 0 Å². The minimum atomic E-state index is -3.41. The zero-order valence-electron chi connectivity index (χ0n) is 13.6. The Balaban J connectivity index is 1.69. The number of benzene rings is 2. The summed E-state index contributed by atoms with van der Waals surface area (Å²) in [6.45, 7) is 0.855. The van der Waals surface area contributed by atoms with Crippen molar-refractivity contribution in [3.63, 3.8) is 0 Å². The number of hydrogen-bond acceptors (Lipinski definition) is 3. The predicted octanol–water partition coefficient (Wildman–Crippen LogP) is 4.49. The van der Waals surface area contributed by atoms with Crippen molar-refractivity contribution >= 4 is 33.4 Å². The number of sulfonamides is 1. The van der Waals surface area contributed by atoms with Crippen LogP contribution in [-0.2, 0) is 15.8 Å². The van der Waals surface area contributed by atoms with Gasteiger partial charge >= 0.3 is 0 Å². The molecule has 134 valence electrons. The predicted molar refractivity (Wildman–Crippen MR) is 102 cm³/mol. The van der Waals surface area contributed by atoms with E-state index >= 15 is 0 Å². The van der Waals surface area contributed by atoms with Gasteiger partial charge in [-0.05, 0) is 30.2 Å². The van der Waals surface area contributed by atoms with E-state index in [-0.39, 0.29) is 16.8 Å². The van der Waals surface area contributed by atoms with Gasteiger partial charge in [0.2, 0.25) is 10.0 Å². The molecule has 0 unspecified atom stereocenters. The summed E-state index contributed by atoms with van der Waals surface area (Å²) in [5.41, 5.74) is 1.37. The van der Waals surface area contributed by atoms with Crippen LogP contribution in [0.3, 0.4) is 0 Å². The number of rotatable bonds is 4. The summed E-state index contributed by atoms with van der Waals surface area (Å²) in [5, 5.41) is 0.567. The molecule has 1 heterocycles. The van der Waals surface area contributed by atoms with Crippen molar-refractivity contribution in [2.45, 2.75) is 17.4 Å². The Labute approximate surface area is 157 Å². The lowest BCUT2D eigenvalue weighted by molar-refractivity contribution is 0.426. The van der Waals surface area contributed by atoms with E-state index in [9.17, 15) is 12.8 Å². The van der Waals surface area contributed by atoms with Crippen LogP contribution in [0, 0.1) is 5.82 Å². The maximum Gasteiger partial charge on any atom is 0.218 e. The standard InChI is InChI=1S/C18H19ClFNO2S2/c19-15-7-5-14(6-8-15)13-25(22,23)21-10-9-18(24-12-11-21)16-3-1-2-4-17(16)20/h1-8,18H,9-13H2/t18-/m0/s1. The van der Waals surface area contributed by atoms with E-state index in [1.165, 1.54) is 10.4 Å². The fraction of sp³-hybridized carbons (Fsp3) is 0.333. The molecule has 1 saturated heterocycles. The first-order chi connectivity index (χ1) is 12.0. The van der Waals surface area contributed by atoms with Crippen molar-refractivity contribution < 1.29 is 12.8 Å². The second-order valence-corrected chi connectivity index (χ2v) is 9.67. The summed E-state index contributed by atoms with van der Waals surface area (Å²) in [5.74, 6) is 0.385. The van der Waals surface area contributed by atoms with Crippen LogP contribution in [0.1, 0.15) is 22.8 Å². The molecule has 0 aromatic heterocycles. The van der Waals surface area contributed by atoms with Crippen molar-refractivity contribution in [1.82, 2.24) is 4.31 Å². The second-order valence-electron chi connectivity index (χ2n) is 5.95. The highest BCUT2D eigenvalue weighted by Gasteiger charge is 2.28. The van der Waals surface area contributed by atoms with Gasteiger partial charge in [-0.25, -0.2) is 17.1 Å². The summed E-state index contributed by atoms with van der Waals surface area (Å²) in [6, 6.07) is 13.6. The average molecular weight is 400 g/mol. The SMILES string of the molecule is O=S(=O)(Cc1ccc(Cl)cc1)N1CCS[C@H](c2ccccc2F)CC1. The quantitative estimate of drug-likeness (QED) is 0.760. The molecule has 1 atom stereocenters. The van der Waals surface area contributed by atoms with Crippen LogP contribution in [0.5, 0.6) is 0 Å². The molecule has 0 radical (unpaired) electrons. The Hall–Kier alpha value is -1.08. The summed E-state index contributed by atoms with van der Waals surface area (Å²) >= 11 is 7.46. The Morgan fingerprint density at radius 2 is 1.84 bits per heavy atom. The van der Waals surface area contributed by atoms with Gasteiger partial charge in [-0.2, -0.15) is 11.8 Å². The Bertz CT molecular complexity index is 827. The van der Waals surface area contributed by atoms with Crippen molar-refractivity contribution in [2.75, 3.05) is 18.8 Å². The molecule has 1 aliphatic rings. The smallest absolute Gasteiger partial charge is 0.212 e. The molecule has 3 rings (SSSR count). The fourth-order valence-corrected chi connectivity index (χ4v) is 5.94. The van der Waals surface area contributed by atoms with Crippen molar-refractivity contribution in [1.29, 1.82) is 0 Å². The summed E-state index contributed by atoms with van der Waals surface area (Å²) < 4.78 is 41.0. The maximum absolute atomic E-state index is 14.0. The molecule has 0 spiro atoms. The molecule has 2 aromatic rings. The van der Waals surface area contributed by atoms with E-state index in [1.54, 1.807) is 48.2 Å². The second kappa shape index (κ2) is 8.08. The largest absolute Gasteiger partial charge is 0.218 e. The van der Waals surface area contributed by atoms with Gasteiger partial charge in [0.25, 0.3) is 0 Å². The molecule has 0 aliphatic carbocycles. The van der Waals surface area contributed by atoms with Crippen LogP contribution in [0.15, 0.2) is 48.5 Å². The molecule has 0 amide bonds. The first kappa shape index (κ1) is 18.7. The van der Waals surface area contributed by atoms with Gasteiger partial charge in [0.1, 0.15) is 5.82 Å². The van der Waals surface area contributed by atoms with Gasteiger partial charge in [0.15, 0.2) is 0 Å². The lowest BCUT2D eigenvalue weighted by Crippen LogP contribution is -2.34. The molecule has 0 saturated carbocycles. The topological polar surface area (TPSA) is 37.4 Å². The summed E-state index contributed by atoms with van der Waals surface area (Å²) in [7, 11) is -3.41.